The number of H-pyrrole nitrogens is 1. The van der Waals surface area contributed by atoms with Gasteiger partial charge in [-0.2, -0.15) is 5.10 Å². The number of morpholine rings is 1. The van der Waals surface area contributed by atoms with Crippen molar-refractivity contribution in [2.45, 2.75) is 32.4 Å². The Balaban J connectivity index is 1.74. The lowest BCUT2D eigenvalue weighted by atomic mass is 10.1. The molecule has 0 amide bonds. The van der Waals surface area contributed by atoms with Gasteiger partial charge in [0.05, 0.1) is 6.61 Å². The molecule has 1 aromatic heterocycles. The number of hydrogen-bond donors (Lipinski definition) is 1. The van der Waals surface area contributed by atoms with E-state index in [1.54, 1.807) is 6.07 Å². The van der Waals surface area contributed by atoms with Gasteiger partial charge in [-0.25, -0.2) is 9.37 Å². The molecule has 1 aliphatic rings. The fourth-order valence-electron chi connectivity index (χ4n) is 2.80. The Kier molecular flexibility index (Phi) is 4.49. The fourth-order valence-corrected chi connectivity index (χ4v) is 2.80. The molecular formula is C16H21FN4O. The third-order valence-corrected chi connectivity index (χ3v) is 4.17. The molecule has 1 fully saturated rings. The Morgan fingerprint density at radius 1 is 1.45 bits per heavy atom. The Hall–Kier alpha value is -1.79. The molecule has 1 aromatic carbocycles. The SMILES string of the molecule is CCc1nc(C2CN(C(C)c3ccccc3F)CCO2)n[nH]1. The molecule has 2 heterocycles. The zero-order valence-corrected chi connectivity index (χ0v) is 12.9. The van der Waals surface area contributed by atoms with Gasteiger partial charge in [0.1, 0.15) is 17.7 Å². The highest BCUT2D eigenvalue weighted by Crippen LogP contribution is 2.28. The minimum atomic E-state index is -0.167. The summed E-state index contributed by atoms with van der Waals surface area (Å²) in [5, 5.41) is 7.15. The van der Waals surface area contributed by atoms with Crippen molar-refractivity contribution in [1.29, 1.82) is 0 Å². The van der Waals surface area contributed by atoms with E-state index in [2.05, 4.69) is 20.1 Å². The van der Waals surface area contributed by atoms with Crippen LogP contribution in [-0.4, -0.2) is 39.8 Å². The Morgan fingerprint density at radius 2 is 2.27 bits per heavy atom. The minimum Gasteiger partial charge on any atom is -0.367 e. The summed E-state index contributed by atoms with van der Waals surface area (Å²) in [6.07, 6.45) is 0.647. The zero-order valence-electron chi connectivity index (χ0n) is 12.9. The average Bonchev–Trinajstić information content (AvgIpc) is 3.04. The van der Waals surface area contributed by atoms with Crippen LogP contribution in [0.5, 0.6) is 0 Å². The average molecular weight is 304 g/mol. The molecule has 0 aliphatic carbocycles. The first-order chi connectivity index (χ1) is 10.7. The van der Waals surface area contributed by atoms with Crippen LogP contribution in [0.4, 0.5) is 4.39 Å². The molecule has 5 nitrogen and oxygen atoms in total. The predicted molar refractivity (Wildman–Crippen MR) is 80.8 cm³/mol. The van der Waals surface area contributed by atoms with Gasteiger partial charge in [0, 0.05) is 31.1 Å². The highest BCUT2D eigenvalue weighted by atomic mass is 19.1. The molecule has 0 saturated carbocycles. The quantitative estimate of drug-likeness (QED) is 0.943. The number of aromatic nitrogens is 3. The highest BCUT2D eigenvalue weighted by Gasteiger charge is 2.29. The molecule has 0 bridgehead atoms. The number of benzene rings is 1. The van der Waals surface area contributed by atoms with Crippen molar-refractivity contribution < 1.29 is 9.13 Å². The number of ether oxygens (including phenoxy) is 1. The molecule has 0 radical (unpaired) electrons. The zero-order chi connectivity index (χ0) is 15.5. The number of hydrogen-bond acceptors (Lipinski definition) is 4. The summed E-state index contributed by atoms with van der Waals surface area (Å²) in [5.41, 5.74) is 0.715. The maximum Gasteiger partial charge on any atom is 0.180 e. The van der Waals surface area contributed by atoms with Crippen LogP contribution < -0.4 is 0 Å². The third kappa shape index (κ3) is 3.03. The van der Waals surface area contributed by atoms with Crippen molar-refractivity contribution >= 4 is 0 Å². The first-order valence-electron chi connectivity index (χ1n) is 7.70. The topological polar surface area (TPSA) is 54.0 Å². The monoisotopic (exact) mass is 304 g/mol. The normalized spacial score (nSPS) is 21.0. The second-order valence-corrected chi connectivity index (χ2v) is 5.55. The Labute approximate surface area is 129 Å². The number of rotatable bonds is 4. The predicted octanol–water partition coefficient (Wildman–Crippen LogP) is 2.64. The first-order valence-corrected chi connectivity index (χ1v) is 7.70. The van der Waals surface area contributed by atoms with Gasteiger partial charge in [0.2, 0.25) is 0 Å². The Bertz CT molecular complexity index is 630. The van der Waals surface area contributed by atoms with Gasteiger partial charge in [-0.05, 0) is 13.0 Å². The van der Waals surface area contributed by atoms with Crippen LogP contribution in [0, 0.1) is 5.82 Å². The fraction of sp³-hybridized carbons (Fsp3) is 0.500. The van der Waals surface area contributed by atoms with Crippen molar-refractivity contribution in [3.05, 3.63) is 47.3 Å². The van der Waals surface area contributed by atoms with E-state index in [0.29, 0.717) is 24.5 Å². The summed E-state index contributed by atoms with van der Waals surface area (Å²) in [4.78, 5) is 6.66. The summed E-state index contributed by atoms with van der Waals surface area (Å²) in [7, 11) is 0. The van der Waals surface area contributed by atoms with Crippen molar-refractivity contribution in [3.8, 4) is 0 Å². The van der Waals surface area contributed by atoms with Crippen LogP contribution in [0.2, 0.25) is 0 Å². The van der Waals surface area contributed by atoms with E-state index >= 15 is 0 Å². The maximum atomic E-state index is 14.0. The molecule has 118 valence electrons. The second kappa shape index (κ2) is 6.54. The van der Waals surface area contributed by atoms with E-state index in [1.807, 2.05) is 26.0 Å². The van der Waals surface area contributed by atoms with Crippen molar-refractivity contribution in [3.63, 3.8) is 0 Å². The molecule has 1 aliphatic heterocycles. The molecule has 22 heavy (non-hydrogen) atoms. The maximum absolute atomic E-state index is 14.0. The lowest BCUT2D eigenvalue weighted by molar-refractivity contribution is -0.0474. The van der Waals surface area contributed by atoms with E-state index < -0.39 is 0 Å². The number of aromatic amines is 1. The number of aryl methyl sites for hydroxylation is 1. The summed E-state index contributed by atoms with van der Waals surface area (Å²) in [6.45, 7) is 6.09. The first kappa shape index (κ1) is 15.1. The van der Waals surface area contributed by atoms with Gasteiger partial charge in [-0.3, -0.25) is 10.00 Å². The van der Waals surface area contributed by atoms with Gasteiger partial charge < -0.3 is 4.74 Å². The molecular weight excluding hydrogens is 283 g/mol. The van der Waals surface area contributed by atoms with Gasteiger partial charge in [0.25, 0.3) is 0 Å². The van der Waals surface area contributed by atoms with Crippen LogP contribution >= 0.6 is 0 Å². The lowest BCUT2D eigenvalue weighted by Crippen LogP contribution is -2.40. The number of halogens is 1. The third-order valence-electron chi connectivity index (χ3n) is 4.17. The summed E-state index contributed by atoms with van der Waals surface area (Å²) < 4.78 is 19.8. The van der Waals surface area contributed by atoms with Crippen LogP contribution in [0.25, 0.3) is 0 Å². The summed E-state index contributed by atoms with van der Waals surface area (Å²) >= 11 is 0. The molecule has 2 aromatic rings. The molecule has 1 saturated heterocycles. The minimum absolute atomic E-state index is 0.00260. The Morgan fingerprint density at radius 3 is 3.00 bits per heavy atom. The van der Waals surface area contributed by atoms with E-state index in [1.165, 1.54) is 6.07 Å². The molecule has 3 rings (SSSR count). The second-order valence-electron chi connectivity index (χ2n) is 5.55. The molecule has 6 heteroatoms. The van der Waals surface area contributed by atoms with Crippen molar-refractivity contribution in [2.75, 3.05) is 19.7 Å². The van der Waals surface area contributed by atoms with E-state index in [4.69, 9.17) is 4.74 Å². The summed E-state index contributed by atoms with van der Waals surface area (Å²) in [6, 6.07) is 6.93. The largest absolute Gasteiger partial charge is 0.367 e. The standard InChI is InChI=1S/C16H21FN4O/c1-3-15-18-16(20-19-15)14-10-21(8-9-22-14)11(2)12-6-4-5-7-13(12)17/h4-7,11,14H,3,8-10H2,1-2H3,(H,18,19,20). The highest BCUT2D eigenvalue weighted by molar-refractivity contribution is 5.21. The molecule has 0 spiro atoms. The molecule has 2 atom stereocenters. The lowest BCUT2D eigenvalue weighted by Gasteiger charge is -2.36. The van der Waals surface area contributed by atoms with Gasteiger partial charge in [-0.15, -0.1) is 0 Å². The smallest absolute Gasteiger partial charge is 0.180 e. The van der Waals surface area contributed by atoms with Crippen LogP contribution in [0.1, 0.15) is 43.2 Å². The van der Waals surface area contributed by atoms with Crippen LogP contribution in [0.15, 0.2) is 24.3 Å². The van der Waals surface area contributed by atoms with Gasteiger partial charge in [0.15, 0.2) is 5.82 Å². The molecule has 1 N–H and O–H groups in total. The van der Waals surface area contributed by atoms with Crippen molar-refractivity contribution in [2.24, 2.45) is 0 Å². The summed E-state index contributed by atoms with van der Waals surface area (Å²) in [5.74, 6) is 1.38. The molecule has 2 unspecified atom stereocenters. The van der Waals surface area contributed by atoms with Gasteiger partial charge >= 0.3 is 0 Å². The number of nitrogens with zero attached hydrogens (tertiary/aromatic N) is 3. The van der Waals surface area contributed by atoms with Crippen LogP contribution in [-0.2, 0) is 11.2 Å². The van der Waals surface area contributed by atoms with E-state index in [-0.39, 0.29) is 18.0 Å². The van der Waals surface area contributed by atoms with E-state index in [0.717, 1.165) is 18.8 Å². The van der Waals surface area contributed by atoms with E-state index in [9.17, 15) is 4.39 Å². The van der Waals surface area contributed by atoms with Crippen molar-refractivity contribution in [1.82, 2.24) is 20.1 Å². The van der Waals surface area contributed by atoms with Crippen LogP contribution in [0.3, 0.4) is 0 Å². The van der Waals surface area contributed by atoms with Gasteiger partial charge in [-0.1, -0.05) is 25.1 Å². The number of nitrogens with one attached hydrogen (secondary N) is 1.